The van der Waals surface area contributed by atoms with Crippen molar-refractivity contribution in [2.45, 2.75) is 181 Å². The van der Waals surface area contributed by atoms with Gasteiger partial charge in [-0.05, 0) is 116 Å². The summed E-state index contributed by atoms with van der Waals surface area (Å²) in [5.41, 5.74) is 1.09. The number of carbonyl (C=O) groups excluding carboxylic acids is 1. The quantitative estimate of drug-likeness (QED) is 0.151. The van der Waals surface area contributed by atoms with E-state index in [2.05, 4.69) is 54.5 Å². The number of esters is 1. The topological polar surface area (TPSA) is 164 Å². The third-order valence-corrected chi connectivity index (χ3v) is 17.0. The van der Waals surface area contributed by atoms with Gasteiger partial charge in [0.1, 0.15) is 36.6 Å². The van der Waals surface area contributed by atoms with Gasteiger partial charge >= 0.3 is 5.97 Å². The van der Waals surface area contributed by atoms with E-state index in [1.54, 1.807) is 14.0 Å². The molecule has 11 nitrogen and oxygen atoms in total. The molecule has 302 valence electrons. The monoisotopic (exact) mass is 748 g/mol. The summed E-state index contributed by atoms with van der Waals surface area (Å²) in [4.78, 5) is 13.6. The van der Waals surface area contributed by atoms with Crippen LogP contribution in [-0.2, 0) is 28.5 Å². The molecular formula is C42H68O11. The summed E-state index contributed by atoms with van der Waals surface area (Å²) >= 11 is 0. The highest BCUT2D eigenvalue weighted by molar-refractivity contribution is 5.78. The largest absolute Gasteiger partial charge is 0.469 e. The van der Waals surface area contributed by atoms with Crippen molar-refractivity contribution in [2.24, 2.45) is 50.2 Å². The normalized spacial score (nSPS) is 53.2. The highest BCUT2D eigenvalue weighted by Gasteiger charge is 2.69. The molecule has 5 N–H and O–H groups in total. The first-order chi connectivity index (χ1) is 24.7. The van der Waals surface area contributed by atoms with Gasteiger partial charge in [-0.3, -0.25) is 4.79 Å². The Morgan fingerprint density at radius 3 is 2.19 bits per heavy atom. The first kappa shape index (κ1) is 40.1. The summed E-state index contributed by atoms with van der Waals surface area (Å²) < 4.78 is 30.1. The zero-order valence-electron chi connectivity index (χ0n) is 33.5. The lowest BCUT2D eigenvalue weighted by Crippen LogP contribution is -2.66. The molecule has 7 aliphatic rings. The lowest BCUT2D eigenvalue weighted by molar-refractivity contribution is -0.364. The molecule has 0 unspecified atom stereocenters. The summed E-state index contributed by atoms with van der Waals surface area (Å²) in [5.74, 6) is 0.986. The molecule has 7 rings (SSSR count). The smallest absolute Gasteiger partial charge is 0.312 e. The maximum atomic E-state index is 13.6. The fourth-order valence-corrected chi connectivity index (χ4v) is 13.5. The van der Waals surface area contributed by atoms with E-state index in [0.29, 0.717) is 11.8 Å². The highest BCUT2D eigenvalue weighted by atomic mass is 16.8. The van der Waals surface area contributed by atoms with E-state index in [0.717, 1.165) is 64.2 Å². The van der Waals surface area contributed by atoms with Gasteiger partial charge in [0.05, 0.1) is 31.3 Å². The number of methoxy groups -OCH3 is 1. The number of hydrogen-bond acceptors (Lipinski definition) is 11. The maximum Gasteiger partial charge on any atom is 0.312 e. The van der Waals surface area contributed by atoms with Crippen molar-refractivity contribution in [3.05, 3.63) is 11.6 Å². The zero-order valence-corrected chi connectivity index (χ0v) is 33.5. The van der Waals surface area contributed by atoms with Gasteiger partial charge in [-0.1, -0.05) is 60.1 Å². The first-order valence-corrected chi connectivity index (χ1v) is 20.4. The van der Waals surface area contributed by atoms with Crippen LogP contribution in [0.4, 0.5) is 0 Å². The molecule has 2 heterocycles. The Hall–Kier alpha value is -1.15. The van der Waals surface area contributed by atoms with Crippen LogP contribution in [0.1, 0.15) is 120 Å². The van der Waals surface area contributed by atoms with Gasteiger partial charge in [0, 0.05) is 0 Å². The van der Waals surface area contributed by atoms with Crippen LogP contribution in [0.2, 0.25) is 0 Å². The van der Waals surface area contributed by atoms with E-state index in [4.69, 9.17) is 23.7 Å². The first-order valence-electron chi connectivity index (χ1n) is 20.4. The number of rotatable bonds is 5. The van der Waals surface area contributed by atoms with Gasteiger partial charge < -0.3 is 49.2 Å². The molecule has 17 atom stereocenters. The molecule has 4 saturated carbocycles. The highest BCUT2D eigenvalue weighted by Crippen LogP contribution is 2.76. The minimum absolute atomic E-state index is 0.0126. The van der Waals surface area contributed by atoms with Gasteiger partial charge in [-0.15, -0.1) is 0 Å². The molecule has 0 aromatic rings. The van der Waals surface area contributed by atoms with E-state index in [9.17, 15) is 30.3 Å². The lowest BCUT2D eigenvalue weighted by Gasteiger charge is -2.71. The Morgan fingerprint density at radius 2 is 1.49 bits per heavy atom. The van der Waals surface area contributed by atoms with E-state index in [1.807, 2.05) is 0 Å². The molecule has 53 heavy (non-hydrogen) atoms. The van der Waals surface area contributed by atoms with Crippen molar-refractivity contribution < 1.29 is 54.0 Å². The Kier molecular flexibility index (Phi) is 10.2. The van der Waals surface area contributed by atoms with Crippen molar-refractivity contribution >= 4 is 5.97 Å². The summed E-state index contributed by atoms with van der Waals surface area (Å²) in [7, 11) is 1.56. The molecule has 2 saturated heterocycles. The van der Waals surface area contributed by atoms with Crippen molar-refractivity contribution in [1.29, 1.82) is 0 Å². The van der Waals surface area contributed by atoms with Crippen LogP contribution in [0, 0.1) is 50.2 Å². The Morgan fingerprint density at radius 1 is 0.792 bits per heavy atom. The lowest BCUT2D eigenvalue weighted by atomic mass is 9.33. The van der Waals surface area contributed by atoms with Crippen molar-refractivity contribution in [3.8, 4) is 0 Å². The molecule has 0 amide bonds. The van der Waals surface area contributed by atoms with Gasteiger partial charge in [0.2, 0.25) is 0 Å². The maximum absolute atomic E-state index is 13.6. The molecule has 0 spiro atoms. The summed E-state index contributed by atoms with van der Waals surface area (Å²) in [6, 6.07) is 0. The molecule has 0 bridgehead atoms. The minimum atomic E-state index is -1.57. The number of aliphatic hydroxyl groups excluding tert-OH is 5. The second-order valence-electron chi connectivity index (χ2n) is 20.4. The van der Waals surface area contributed by atoms with Crippen molar-refractivity contribution in [2.75, 3.05) is 13.7 Å². The molecule has 0 aromatic heterocycles. The second-order valence-corrected chi connectivity index (χ2v) is 20.4. The van der Waals surface area contributed by atoms with Crippen LogP contribution in [0.15, 0.2) is 11.6 Å². The Bertz CT molecular complexity index is 1430. The summed E-state index contributed by atoms with van der Waals surface area (Å²) in [6.07, 6.45) is 0.561. The molecule has 0 aromatic carbocycles. The van der Waals surface area contributed by atoms with Crippen LogP contribution < -0.4 is 0 Å². The predicted octanol–water partition coefficient (Wildman–Crippen LogP) is 4.64. The van der Waals surface area contributed by atoms with E-state index < -0.39 is 60.7 Å². The number of ether oxygens (including phenoxy) is 5. The number of aliphatic hydroxyl groups is 5. The van der Waals surface area contributed by atoms with E-state index in [-0.39, 0.29) is 51.7 Å². The fraction of sp³-hybridized carbons (Fsp3) is 0.929. The third-order valence-electron chi connectivity index (χ3n) is 17.0. The van der Waals surface area contributed by atoms with Crippen LogP contribution in [-0.4, -0.2) is 107 Å². The van der Waals surface area contributed by atoms with Crippen LogP contribution >= 0.6 is 0 Å². The van der Waals surface area contributed by atoms with Crippen LogP contribution in [0.5, 0.6) is 0 Å². The van der Waals surface area contributed by atoms with Gasteiger partial charge in [-0.2, -0.15) is 0 Å². The number of carbonyl (C=O) groups is 1. The Labute approximate surface area is 316 Å². The van der Waals surface area contributed by atoms with Gasteiger partial charge in [0.15, 0.2) is 12.6 Å². The second kappa shape index (κ2) is 13.5. The molecule has 0 radical (unpaired) electrons. The average Bonchev–Trinajstić information content (AvgIpc) is 3.09. The molecular weight excluding hydrogens is 680 g/mol. The molecule has 6 fully saturated rings. The SMILES string of the molecule is COC(=O)[C@]12CCC(C)(C)C[C@H]1C1=CC[C@@H]3[C@@]4(C)CC[C@H](O[C@@H]5OC[C@H](O)[C@H](O)[C@H]5O[C@@H]5O[C@@H](C)[C@H](O)[C@@H](O)[C@H]5O)C(C)(C)[C@@H]4CC[C@@]3(C)[C@]1(C)CC2. The van der Waals surface area contributed by atoms with Crippen LogP contribution in [0.3, 0.4) is 0 Å². The third kappa shape index (κ3) is 5.95. The zero-order chi connectivity index (χ0) is 38.7. The number of hydrogen-bond donors (Lipinski definition) is 5. The molecule has 5 aliphatic carbocycles. The molecule has 2 aliphatic heterocycles. The van der Waals surface area contributed by atoms with Crippen molar-refractivity contribution in [3.63, 3.8) is 0 Å². The predicted molar refractivity (Wildman–Crippen MR) is 195 cm³/mol. The molecule has 11 heteroatoms. The minimum Gasteiger partial charge on any atom is -0.469 e. The summed E-state index contributed by atoms with van der Waals surface area (Å²) in [6.45, 7) is 18.3. The number of fused-ring (bicyclic) bond motifs is 7. The van der Waals surface area contributed by atoms with Gasteiger partial charge in [0.25, 0.3) is 0 Å². The average molecular weight is 749 g/mol. The Balaban J connectivity index is 1.13. The standard InChI is InChI=1S/C42H68O11/c1-22-29(44)31(46)32(47)34(51-22)53-33-30(45)25(43)21-50-35(33)52-28-13-14-39(6)26(38(28,4)5)12-15-41(8)27(39)11-10-23-24-20-37(2,3)16-18-42(24,36(48)49-9)19-17-40(23,41)7/h10,22,24-35,43-47H,11-21H2,1-9H3/t22-,24-,25-,26-,27+,28-,29-,30-,31+,32+,33+,34-,35-,39-,40+,41+,42-/m0/s1. The van der Waals surface area contributed by atoms with E-state index >= 15 is 0 Å². The van der Waals surface area contributed by atoms with Crippen molar-refractivity contribution in [1.82, 2.24) is 0 Å². The van der Waals surface area contributed by atoms with Gasteiger partial charge in [-0.25, -0.2) is 0 Å². The fourth-order valence-electron chi connectivity index (χ4n) is 13.5. The number of allylic oxidation sites excluding steroid dienone is 2. The summed E-state index contributed by atoms with van der Waals surface area (Å²) in [5, 5.41) is 52.9. The van der Waals surface area contributed by atoms with Crippen LogP contribution in [0.25, 0.3) is 0 Å². The van der Waals surface area contributed by atoms with E-state index in [1.165, 1.54) is 5.57 Å².